The summed E-state index contributed by atoms with van der Waals surface area (Å²) in [5.41, 5.74) is 3.43. The lowest BCUT2D eigenvalue weighted by Crippen LogP contribution is -2.13. The zero-order chi connectivity index (χ0) is 23.4. The number of carbonyl (C=O) groups excluding carboxylic acids is 2. The molecule has 4 rings (SSSR count). The van der Waals surface area contributed by atoms with Gasteiger partial charge in [-0.25, -0.2) is 9.78 Å². The molecule has 33 heavy (non-hydrogen) atoms. The normalized spacial score (nSPS) is 10.5. The molecule has 0 radical (unpaired) electrons. The summed E-state index contributed by atoms with van der Waals surface area (Å²) in [6.07, 6.45) is 0. The fraction of sp³-hybridized carbons (Fsp3) is 0.115. The molecule has 0 unspecified atom stereocenters. The number of carbonyl (C=O) groups is 2. The third kappa shape index (κ3) is 4.48. The molecule has 7 nitrogen and oxygen atoms in total. The second-order valence-corrected chi connectivity index (χ2v) is 7.16. The topological polar surface area (TPSA) is 86.8 Å². The summed E-state index contributed by atoms with van der Waals surface area (Å²) < 4.78 is 15.5. The van der Waals surface area contributed by atoms with E-state index >= 15 is 0 Å². The number of fused-ring (bicyclic) bond motifs is 1. The quantitative estimate of drug-likeness (QED) is 0.425. The number of ether oxygens (including phenoxy) is 3. The van der Waals surface area contributed by atoms with Gasteiger partial charge in [-0.2, -0.15) is 0 Å². The average molecular weight is 442 g/mol. The van der Waals surface area contributed by atoms with Crippen LogP contribution in [0.3, 0.4) is 0 Å². The number of rotatable bonds is 6. The first-order valence-corrected chi connectivity index (χ1v) is 10.2. The molecule has 4 aromatic rings. The summed E-state index contributed by atoms with van der Waals surface area (Å²) in [7, 11) is 4.48. The van der Waals surface area contributed by atoms with E-state index < -0.39 is 5.97 Å². The molecule has 7 heteroatoms. The summed E-state index contributed by atoms with van der Waals surface area (Å²) in [5, 5.41) is 3.61. The van der Waals surface area contributed by atoms with Crippen molar-refractivity contribution in [2.75, 3.05) is 26.6 Å². The zero-order valence-electron chi connectivity index (χ0n) is 18.4. The van der Waals surface area contributed by atoms with E-state index in [4.69, 9.17) is 19.2 Å². The van der Waals surface area contributed by atoms with Gasteiger partial charge in [-0.3, -0.25) is 4.79 Å². The fourth-order valence-corrected chi connectivity index (χ4v) is 3.52. The molecule has 0 bridgehead atoms. The van der Waals surface area contributed by atoms with Crippen LogP contribution in [0.15, 0.2) is 72.8 Å². The first-order chi connectivity index (χ1) is 16.0. The number of methoxy groups -OCH3 is 3. The van der Waals surface area contributed by atoms with Crippen LogP contribution >= 0.6 is 0 Å². The average Bonchev–Trinajstić information content (AvgIpc) is 2.87. The van der Waals surface area contributed by atoms with Crippen LogP contribution in [0.5, 0.6) is 11.5 Å². The third-order valence-corrected chi connectivity index (χ3v) is 5.21. The van der Waals surface area contributed by atoms with Crippen LogP contribution in [0, 0.1) is 0 Å². The minimum atomic E-state index is -0.439. The second-order valence-electron chi connectivity index (χ2n) is 7.16. The molecule has 1 heterocycles. The number of nitrogens with zero attached hydrogens (tertiary/aromatic N) is 1. The molecule has 0 saturated carbocycles. The molecule has 3 aromatic carbocycles. The van der Waals surface area contributed by atoms with E-state index in [0.717, 1.165) is 10.9 Å². The van der Waals surface area contributed by atoms with Gasteiger partial charge >= 0.3 is 5.97 Å². The molecule has 1 N–H and O–H groups in total. The second kappa shape index (κ2) is 9.40. The third-order valence-electron chi connectivity index (χ3n) is 5.21. The van der Waals surface area contributed by atoms with Crippen LogP contribution in [0.1, 0.15) is 20.7 Å². The molecule has 0 fully saturated rings. The Morgan fingerprint density at radius 1 is 0.848 bits per heavy atom. The lowest BCUT2D eigenvalue weighted by molar-refractivity contribution is 0.0600. The van der Waals surface area contributed by atoms with Gasteiger partial charge < -0.3 is 19.5 Å². The highest BCUT2D eigenvalue weighted by atomic mass is 16.5. The molecular weight excluding hydrogens is 420 g/mol. The van der Waals surface area contributed by atoms with Gasteiger partial charge in [-0.1, -0.05) is 18.2 Å². The number of benzene rings is 3. The number of aromatic nitrogens is 1. The highest BCUT2D eigenvalue weighted by Crippen LogP contribution is 2.34. The molecule has 0 atom stereocenters. The lowest BCUT2D eigenvalue weighted by atomic mass is 10.0. The van der Waals surface area contributed by atoms with Crippen molar-refractivity contribution < 1.29 is 23.8 Å². The lowest BCUT2D eigenvalue weighted by Gasteiger charge is -2.13. The molecule has 0 aliphatic heterocycles. The first-order valence-electron chi connectivity index (χ1n) is 10.2. The molecule has 0 aliphatic rings. The van der Waals surface area contributed by atoms with Gasteiger partial charge in [0.2, 0.25) is 0 Å². The fourth-order valence-electron chi connectivity index (χ4n) is 3.52. The number of para-hydroxylation sites is 1. The van der Waals surface area contributed by atoms with Crippen LogP contribution in [0.4, 0.5) is 5.69 Å². The largest absolute Gasteiger partial charge is 0.497 e. The van der Waals surface area contributed by atoms with E-state index in [1.54, 1.807) is 50.6 Å². The van der Waals surface area contributed by atoms with Crippen molar-refractivity contribution in [2.24, 2.45) is 0 Å². The van der Waals surface area contributed by atoms with Crippen LogP contribution in [-0.4, -0.2) is 38.2 Å². The van der Waals surface area contributed by atoms with Crippen LogP contribution in [-0.2, 0) is 4.74 Å². The standard InChI is InChI=1S/C26H22N2O5/c1-31-18-12-13-20(24(14-18)32-2)23-15-21(19-6-4-5-7-22(19)28-23)25(29)27-17-10-8-16(9-11-17)26(30)33-3/h4-15H,1-3H3,(H,27,29). The van der Waals surface area contributed by atoms with E-state index in [-0.39, 0.29) is 5.91 Å². The summed E-state index contributed by atoms with van der Waals surface area (Å²) in [4.78, 5) is 29.7. The van der Waals surface area contributed by atoms with Crippen LogP contribution in [0.25, 0.3) is 22.2 Å². The van der Waals surface area contributed by atoms with Crippen molar-refractivity contribution in [2.45, 2.75) is 0 Å². The molecular formula is C26H22N2O5. The Hall–Kier alpha value is -4.39. The Bertz CT molecular complexity index is 1330. The summed E-state index contributed by atoms with van der Waals surface area (Å²) in [5.74, 6) is 0.505. The Morgan fingerprint density at radius 3 is 2.30 bits per heavy atom. The van der Waals surface area contributed by atoms with Gasteiger partial charge in [0.15, 0.2) is 0 Å². The summed E-state index contributed by atoms with van der Waals surface area (Å²) in [6, 6.07) is 21.1. The Kier molecular flexibility index (Phi) is 6.22. The molecule has 0 spiro atoms. The molecule has 1 aromatic heterocycles. The number of nitrogens with one attached hydrogen (secondary N) is 1. The predicted molar refractivity (Wildman–Crippen MR) is 126 cm³/mol. The maximum Gasteiger partial charge on any atom is 0.337 e. The summed E-state index contributed by atoms with van der Waals surface area (Å²) in [6.45, 7) is 0. The monoisotopic (exact) mass is 442 g/mol. The first kappa shape index (κ1) is 21.8. The maximum absolute atomic E-state index is 13.3. The SMILES string of the molecule is COC(=O)c1ccc(NC(=O)c2cc(-c3ccc(OC)cc3OC)nc3ccccc23)cc1. The van der Waals surface area contributed by atoms with Gasteiger partial charge in [0.1, 0.15) is 11.5 Å². The number of anilines is 1. The molecule has 0 aliphatic carbocycles. The molecule has 0 saturated heterocycles. The number of pyridine rings is 1. The summed E-state index contributed by atoms with van der Waals surface area (Å²) >= 11 is 0. The Labute approximate surface area is 190 Å². The van der Waals surface area contributed by atoms with E-state index in [1.807, 2.05) is 36.4 Å². The van der Waals surface area contributed by atoms with Crippen molar-refractivity contribution in [1.29, 1.82) is 0 Å². The number of amides is 1. The van der Waals surface area contributed by atoms with Crippen LogP contribution in [0.2, 0.25) is 0 Å². The highest BCUT2D eigenvalue weighted by molar-refractivity contribution is 6.13. The minimum absolute atomic E-state index is 0.298. The van der Waals surface area contributed by atoms with Crippen molar-refractivity contribution in [1.82, 2.24) is 4.98 Å². The van der Waals surface area contributed by atoms with Crippen molar-refractivity contribution in [3.63, 3.8) is 0 Å². The number of hydrogen-bond acceptors (Lipinski definition) is 6. The van der Waals surface area contributed by atoms with E-state index in [1.165, 1.54) is 7.11 Å². The maximum atomic E-state index is 13.3. The van der Waals surface area contributed by atoms with Gasteiger partial charge in [0, 0.05) is 22.7 Å². The van der Waals surface area contributed by atoms with E-state index in [9.17, 15) is 9.59 Å². The molecule has 1 amide bonds. The smallest absolute Gasteiger partial charge is 0.337 e. The molecule has 166 valence electrons. The highest BCUT2D eigenvalue weighted by Gasteiger charge is 2.17. The minimum Gasteiger partial charge on any atom is -0.497 e. The van der Waals surface area contributed by atoms with Gasteiger partial charge in [-0.05, 0) is 48.5 Å². The van der Waals surface area contributed by atoms with Gasteiger partial charge in [0.25, 0.3) is 5.91 Å². The Balaban J connectivity index is 1.74. The van der Waals surface area contributed by atoms with Gasteiger partial charge in [0.05, 0.1) is 43.7 Å². The van der Waals surface area contributed by atoms with E-state index in [0.29, 0.717) is 39.5 Å². The van der Waals surface area contributed by atoms with Crippen molar-refractivity contribution in [3.8, 4) is 22.8 Å². The Morgan fingerprint density at radius 2 is 1.61 bits per heavy atom. The zero-order valence-corrected chi connectivity index (χ0v) is 18.4. The van der Waals surface area contributed by atoms with E-state index in [2.05, 4.69) is 5.32 Å². The number of hydrogen-bond donors (Lipinski definition) is 1. The van der Waals surface area contributed by atoms with Crippen LogP contribution < -0.4 is 14.8 Å². The van der Waals surface area contributed by atoms with Gasteiger partial charge in [-0.15, -0.1) is 0 Å². The van der Waals surface area contributed by atoms with Crippen molar-refractivity contribution in [3.05, 3.63) is 83.9 Å². The predicted octanol–water partition coefficient (Wildman–Crippen LogP) is 4.96. The van der Waals surface area contributed by atoms with Crippen molar-refractivity contribution >= 4 is 28.5 Å². The number of esters is 1.